The summed E-state index contributed by atoms with van der Waals surface area (Å²) >= 11 is 0. The molecule has 1 aromatic carbocycles. The summed E-state index contributed by atoms with van der Waals surface area (Å²) in [5.41, 5.74) is 2.43. The van der Waals surface area contributed by atoms with Gasteiger partial charge < -0.3 is 0 Å². The molecule has 1 heteroatoms. The number of hydrogen-bond donors (Lipinski definition) is 1. The Morgan fingerprint density at radius 3 is 2.54 bits per heavy atom. The summed E-state index contributed by atoms with van der Waals surface area (Å²) in [7, 11) is 0. The van der Waals surface area contributed by atoms with E-state index in [0.717, 1.165) is 12.0 Å². The van der Waals surface area contributed by atoms with Gasteiger partial charge in [0.1, 0.15) is 0 Å². The molecule has 0 aliphatic carbocycles. The molecule has 13 heavy (non-hydrogen) atoms. The van der Waals surface area contributed by atoms with E-state index < -0.39 is 0 Å². The highest BCUT2D eigenvalue weighted by Crippen LogP contribution is 2.08. The van der Waals surface area contributed by atoms with Crippen LogP contribution in [0.15, 0.2) is 24.3 Å². The predicted octanol–water partition coefficient (Wildman–Crippen LogP) is 3.29. The number of aryl methyl sites for hydroxylation is 1. The van der Waals surface area contributed by atoms with Crippen molar-refractivity contribution in [3.63, 3.8) is 0 Å². The Labute approximate surface area is 79.6 Å². The lowest BCUT2D eigenvalue weighted by molar-refractivity contribution is 0.795. The Morgan fingerprint density at radius 2 is 2.00 bits per heavy atom. The number of benzene rings is 1. The molecule has 0 saturated heterocycles. The third kappa shape index (κ3) is 3.27. The van der Waals surface area contributed by atoms with Gasteiger partial charge in [-0.05, 0) is 29.8 Å². The SMILES string of the molecule is CCCCc1ccc(C=C=N)cc1. The number of unbranched alkanes of at least 4 members (excludes halogenated alkanes) is 1. The van der Waals surface area contributed by atoms with Crippen LogP contribution in [-0.4, -0.2) is 5.87 Å². The van der Waals surface area contributed by atoms with E-state index in [4.69, 9.17) is 5.41 Å². The van der Waals surface area contributed by atoms with Gasteiger partial charge in [-0.1, -0.05) is 37.6 Å². The molecule has 0 aromatic heterocycles. The molecule has 0 bridgehead atoms. The number of rotatable bonds is 4. The van der Waals surface area contributed by atoms with Gasteiger partial charge in [-0.15, -0.1) is 0 Å². The first-order valence-corrected chi connectivity index (χ1v) is 4.71. The second kappa shape index (κ2) is 5.34. The van der Waals surface area contributed by atoms with E-state index in [0.29, 0.717) is 0 Å². The third-order valence-electron chi connectivity index (χ3n) is 2.04. The molecular weight excluding hydrogens is 158 g/mol. The van der Waals surface area contributed by atoms with Crippen LogP contribution in [-0.2, 0) is 6.42 Å². The molecule has 68 valence electrons. The van der Waals surface area contributed by atoms with Crippen LogP contribution in [0.5, 0.6) is 0 Å². The first-order chi connectivity index (χ1) is 6.36. The van der Waals surface area contributed by atoms with Crippen LogP contribution in [0.3, 0.4) is 0 Å². The topological polar surface area (TPSA) is 23.9 Å². The average Bonchev–Trinajstić information content (AvgIpc) is 2.17. The van der Waals surface area contributed by atoms with Crippen molar-refractivity contribution in [1.29, 1.82) is 5.41 Å². The Kier molecular flexibility index (Phi) is 4.01. The molecule has 0 radical (unpaired) electrons. The molecule has 0 spiro atoms. The van der Waals surface area contributed by atoms with Crippen molar-refractivity contribution in [1.82, 2.24) is 0 Å². The van der Waals surface area contributed by atoms with Gasteiger partial charge in [0.15, 0.2) is 0 Å². The molecule has 1 N–H and O–H groups in total. The Morgan fingerprint density at radius 1 is 1.31 bits per heavy atom. The second-order valence-corrected chi connectivity index (χ2v) is 3.13. The predicted molar refractivity (Wildman–Crippen MR) is 57.2 cm³/mol. The summed E-state index contributed by atoms with van der Waals surface area (Å²) in [5, 5.41) is 6.80. The third-order valence-corrected chi connectivity index (χ3v) is 2.04. The van der Waals surface area contributed by atoms with Crippen LogP contribution in [0.25, 0.3) is 6.08 Å². The zero-order valence-corrected chi connectivity index (χ0v) is 8.01. The fourth-order valence-corrected chi connectivity index (χ4v) is 1.24. The summed E-state index contributed by atoms with van der Waals surface area (Å²) in [6, 6.07) is 8.32. The molecule has 0 unspecified atom stereocenters. The molecule has 0 atom stereocenters. The van der Waals surface area contributed by atoms with E-state index in [-0.39, 0.29) is 0 Å². The van der Waals surface area contributed by atoms with Gasteiger partial charge >= 0.3 is 0 Å². The van der Waals surface area contributed by atoms with E-state index in [1.807, 2.05) is 12.1 Å². The summed E-state index contributed by atoms with van der Waals surface area (Å²) in [6.45, 7) is 2.20. The Balaban J connectivity index is 2.63. The van der Waals surface area contributed by atoms with Gasteiger partial charge in [-0.2, -0.15) is 0 Å². The number of hydrogen-bond acceptors (Lipinski definition) is 1. The van der Waals surface area contributed by atoms with E-state index >= 15 is 0 Å². The van der Waals surface area contributed by atoms with Crippen molar-refractivity contribution in [2.45, 2.75) is 26.2 Å². The lowest BCUT2D eigenvalue weighted by Crippen LogP contribution is -1.83. The van der Waals surface area contributed by atoms with Crippen LogP contribution < -0.4 is 0 Å². The molecule has 0 aliphatic rings. The van der Waals surface area contributed by atoms with Crippen molar-refractivity contribution in [3.05, 3.63) is 35.4 Å². The quantitative estimate of drug-likeness (QED) is 0.675. The minimum atomic E-state index is 1.05. The highest BCUT2D eigenvalue weighted by atomic mass is 14.3. The molecule has 1 rings (SSSR count). The average molecular weight is 173 g/mol. The molecule has 0 amide bonds. The summed E-state index contributed by atoms with van der Waals surface area (Å²) < 4.78 is 0. The van der Waals surface area contributed by atoms with Gasteiger partial charge in [0, 0.05) is 6.08 Å². The monoisotopic (exact) mass is 173 g/mol. The molecular formula is C12H15N. The fourth-order valence-electron chi connectivity index (χ4n) is 1.24. The van der Waals surface area contributed by atoms with Crippen molar-refractivity contribution in [3.8, 4) is 0 Å². The van der Waals surface area contributed by atoms with E-state index in [9.17, 15) is 0 Å². The minimum absolute atomic E-state index is 1.05. The van der Waals surface area contributed by atoms with Crippen LogP contribution in [0.4, 0.5) is 0 Å². The first kappa shape index (κ1) is 9.76. The van der Waals surface area contributed by atoms with Crippen LogP contribution >= 0.6 is 0 Å². The standard InChI is InChI=1S/C12H15N/c1-2-3-4-11-5-7-12(8-6-11)9-10-13/h5-9,13H,2-4H2,1H3. The minimum Gasteiger partial charge on any atom is -0.259 e. The van der Waals surface area contributed by atoms with Gasteiger partial charge in [0.25, 0.3) is 0 Å². The smallest absolute Gasteiger partial charge is 0.00624 e. The molecule has 0 aliphatic heterocycles. The molecule has 0 saturated carbocycles. The summed E-state index contributed by atoms with van der Waals surface area (Å²) in [5.74, 6) is 2.27. The van der Waals surface area contributed by atoms with Crippen molar-refractivity contribution in [2.75, 3.05) is 0 Å². The largest absolute Gasteiger partial charge is 0.259 e. The molecule has 0 fully saturated rings. The molecule has 1 nitrogen and oxygen atoms in total. The number of nitrogens with one attached hydrogen (secondary N) is 1. The molecule has 0 heterocycles. The lowest BCUT2D eigenvalue weighted by Gasteiger charge is -1.99. The van der Waals surface area contributed by atoms with Crippen LogP contribution in [0, 0.1) is 5.41 Å². The van der Waals surface area contributed by atoms with Gasteiger partial charge in [0.2, 0.25) is 0 Å². The summed E-state index contributed by atoms with van der Waals surface area (Å²) in [6.07, 6.45) is 5.32. The van der Waals surface area contributed by atoms with Gasteiger partial charge in [-0.25, -0.2) is 0 Å². The first-order valence-electron chi connectivity index (χ1n) is 4.71. The van der Waals surface area contributed by atoms with Gasteiger partial charge in [0.05, 0.1) is 0 Å². The molecule has 1 aromatic rings. The van der Waals surface area contributed by atoms with Crippen molar-refractivity contribution < 1.29 is 0 Å². The van der Waals surface area contributed by atoms with Crippen LogP contribution in [0.1, 0.15) is 30.9 Å². The maximum atomic E-state index is 6.80. The summed E-state index contributed by atoms with van der Waals surface area (Å²) in [4.78, 5) is 0. The maximum Gasteiger partial charge on any atom is 0.00624 e. The van der Waals surface area contributed by atoms with E-state index in [2.05, 4.69) is 24.9 Å². The van der Waals surface area contributed by atoms with Gasteiger partial charge in [-0.3, -0.25) is 5.41 Å². The zero-order valence-electron chi connectivity index (χ0n) is 8.01. The lowest BCUT2D eigenvalue weighted by atomic mass is 10.1. The Bertz CT molecular complexity index is 291. The van der Waals surface area contributed by atoms with E-state index in [1.54, 1.807) is 6.08 Å². The highest BCUT2D eigenvalue weighted by Gasteiger charge is 1.91. The van der Waals surface area contributed by atoms with Crippen molar-refractivity contribution >= 4 is 11.9 Å². The Hall–Kier alpha value is -1.33. The highest BCUT2D eigenvalue weighted by molar-refractivity contribution is 5.75. The van der Waals surface area contributed by atoms with Crippen molar-refractivity contribution in [2.24, 2.45) is 0 Å². The fraction of sp³-hybridized carbons (Fsp3) is 0.333. The zero-order chi connectivity index (χ0) is 9.52. The second-order valence-electron chi connectivity index (χ2n) is 3.13. The normalized spacial score (nSPS) is 9.31. The maximum absolute atomic E-state index is 6.80. The van der Waals surface area contributed by atoms with E-state index in [1.165, 1.54) is 18.4 Å². The van der Waals surface area contributed by atoms with Crippen LogP contribution in [0.2, 0.25) is 0 Å².